The van der Waals surface area contributed by atoms with E-state index in [0.717, 1.165) is 65.7 Å². The first kappa shape index (κ1) is 31.6. The fourth-order valence-electron chi connectivity index (χ4n) is 6.98. The fraction of sp³-hybridized carbons (Fsp3) is 0. The molecule has 0 saturated carbocycles. The molecular weight excluding hydrogens is 655 g/mol. The van der Waals surface area contributed by atoms with E-state index in [1.807, 2.05) is 54.6 Å². The molecule has 0 atom stereocenters. The Bertz CT molecular complexity index is 2390. The molecule has 0 radical (unpaired) electrons. The summed E-state index contributed by atoms with van der Waals surface area (Å²) in [6.07, 6.45) is 0. The average molecular weight is 689 g/mol. The minimum absolute atomic E-state index is 0.676. The van der Waals surface area contributed by atoms with Crippen LogP contribution in [0.25, 0.3) is 65.7 Å². The summed E-state index contributed by atoms with van der Waals surface area (Å²) in [5.41, 5.74) is 6.12. The van der Waals surface area contributed by atoms with Crippen molar-refractivity contribution in [3.05, 3.63) is 200 Å². The van der Waals surface area contributed by atoms with Crippen LogP contribution in [0, 0.1) is 0 Å². The van der Waals surface area contributed by atoms with E-state index >= 15 is 0 Å². The predicted molar refractivity (Wildman–Crippen MR) is 217 cm³/mol. The Balaban J connectivity index is 1.17. The van der Waals surface area contributed by atoms with Gasteiger partial charge in [-0.1, -0.05) is 182 Å². The predicted octanol–water partition coefficient (Wildman–Crippen LogP) is 13.9. The van der Waals surface area contributed by atoms with E-state index in [0.29, 0.717) is 17.2 Å². The summed E-state index contributed by atoms with van der Waals surface area (Å²) in [4.78, 5) is 0. The van der Waals surface area contributed by atoms with E-state index in [-0.39, 0.29) is 0 Å². The van der Waals surface area contributed by atoms with Crippen LogP contribution in [0.4, 0.5) is 0 Å². The second-order valence-corrected chi connectivity index (χ2v) is 13.6. The summed E-state index contributed by atoms with van der Waals surface area (Å²) >= 11 is 0. The number of para-hydroxylation sites is 3. The van der Waals surface area contributed by atoms with Crippen molar-refractivity contribution in [2.45, 2.75) is 0 Å². The number of fused-ring (bicyclic) bond motifs is 3. The minimum atomic E-state index is -2.04. The molecule has 0 amide bonds. The van der Waals surface area contributed by atoms with Crippen LogP contribution in [0.5, 0.6) is 17.2 Å². The Morgan fingerprint density at radius 2 is 0.481 bits per heavy atom. The van der Waals surface area contributed by atoms with E-state index in [1.165, 1.54) is 0 Å². The molecule has 0 spiro atoms. The van der Waals surface area contributed by atoms with Crippen LogP contribution in [0.2, 0.25) is 0 Å². The van der Waals surface area contributed by atoms with E-state index in [1.54, 1.807) is 0 Å². The van der Waals surface area contributed by atoms with Gasteiger partial charge in [0, 0.05) is 16.7 Å². The molecule has 0 bridgehead atoms. The molecule has 0 heterocycles. The van der Waals surface area contributed by atoms with Gasteiger partial charge in [0.15, 0.2) is 0 Å². The van der Waals surface area contributed by atoms with Gasteiger partial charge in [0.25, 0.3) is 0 Å². The summed E-state index contributed by atoms with van der Waals surface area (Å²) in [5, 5.41) is 6.94. The first-order valence-electron chi connectivity index (χ1n) is 17.4. The van der Waals surface area contributed by atoms with Crippen molar-refractivity contribution in [1.29, 1.82) is 0 Å². The molecule has 4 heteroatoms. The van der Waals surface area contributed by atoms with Crippen molar-refractivity contribution in [3.8, 4) is 50.6 Å². The van der Waals surface area contributed by atoms with Gasteiger partial charge in [0.2, 0.25) is 0 Å². The Labute approximate surface area is 304 Å². The zero-order chi connectivity index (χ0) is 34.7. The molecule has 0 saturated heterocycles. The molecule has 0 fully saturated rings. The largest absolute Gasteiger partial charge is 0.530 e. The highest BCUT2D eigenvalue weighted by Gasteiger charge is 2.26. The van der Waals surface area contributed by atoms with Crippen LogP contribution >= 0.6 is 8.60 Å². The highest BCUT2D eigenvalue weighted by Crippen LogP contribution is 2.50. The van der Waals surface area contributed by atoms with Gasteiger partial charge in [-0.25, -0.2) is 0 Å². The number of hydrogen-bond donors (Lipinski definition) is 0. The number of hydrogen-bond acceptors (Lipinski definition) is 3. The van der Waals surface area contributed by atoms with Crippen LogP contribution in [-0.4, -0.2) is 0 Å². The monoisotopic (exact) mass is 688 g/mol. The summed E-state index contributed by atoms with van der Waals surface area (Å²) in [6, 6.07) is 68.7. The molecule has 0 aromatic heterocycles. The Hall–Kier alpha value is -6.41. The molecule has 0 N–H and O–H groups in total. The quantitative estimate of drug-likeness (QED) is 0.141. The van der Waals surface area contributed by atoms with Gasteiger partial charge in [-0.3, -0.25) is 0 Å². The Morgan fingerprint density at radius 1 is 0.231 bits per heavy atom. The van der Waals surface area contributed by atoms with Gasteiger partial charge in [0.05, 0.1) is 0 Å². The van der Waals surface area contributed by atoms with Crippen LogP contribution in [-0.2, 0) is 0 Å². The van der Waals surface area contributed by atoms with Crippen LogP contribution in [0.1, 0.15) is 0 Å². The van der Waals surface area contributed by atoms with E-state index < -0.39 is 8.60 Å². The first-order chi connectivity index (χ1) is 25.8. The molecule has 9 aromatic rings. The lowest BCUT2D eigenvalue weighted by atomic mass is 9.98. The molecule has 52 heavy (non-hydrogen) atoms. The van der Waals surface area contributed by atoms with Crippen molar-refractivity contribution in [2.75, 3.05) is 0 Å². The third-order valence-electron chi connectivity index (χ3n) is 9.42. The first-order valence-corrected chi connectivity index (χ1v) is 18.5. The van der Waals surface area contributed by atoms with Crippen molar-refractivity contribution >= 4 is 40.9 Å². The molecule has 0 unspecified atom stereocenters. The maximum absolute atomic E-state index is 6.93. The van der Waals surface area contributed by atoms with Crippen LogP contribution in [0.3, 0.4) is 0 Å². The molecular formula is C48H33O3P. The molecule has 3 nitrogen and oxygen atoms in total. The van der Waals surface area contributed by atoms with E-state index in [4.69, 9.17) is 13.6 Å². The van der Waals surface area contributed by atoms with Gasteiger partial charge in [-0.05, 0) is 67.2 Å². The highest BCUT2D eigenvalue weighted by molar-refractivity contribution is 7.43. The topological polar surface area (TPSA) is 27.7 Å². The summed E-state index contributed by atoms with van der Waals surface area (Å²) < 4.78 is 20.8. The standard InChI is InChI=1S/C48H33O3P/c1-4-22-37-34(16-1)19-13-28-40(37)43-25-7-10-31-46(43)49-52(50-47-32-11-8-26-44(47)41-29-14-20-35-17-2-5-23-38(35)41)51-48-33-12-9-27-45(48)42-30-15-21-36-18-3-6-24-39(36)42/h1-33H. The van der Waals surface area contributed by atoms with Crippen LogP contribution in [0.15, 0.2) is 200 Å². The lowest BCUT2D eigenvalue weighted by Gasteiger charge is -2.23. The normalized spacial score (nSPS) is 11.2. The van der Waals surface area contributed by atoms with Crippen molar-refractivity contribution in [1.82, 2.24) is 0 Å². The zero-order valence-corrected chi connectivity index (χ0v) is 29.1. The van der Waals surface area contributed by atoms with E-state index in [9.17, 15) is 0 Å². The molecule has 248 valence electrons. The van der Waals surface area contributed by atoms with Crippen molar-refractivity contribution in [3.63, 3.8) is 0 Å². The van der Waals surface area contributed by atoms with Crippen molar-refractivity contribution in [2.24, 2.45) is 0 Å². The third kappa shape index (κ3) is 6.13. The van der Waals surface area contributed by atoms with Gasteiger partial charge in [0.1, 0.15) is 17.2 Å². The Kier molecular flexibility index (Phi) is 8.54. The zero-order valence-electron chi connectivity index (χ0n) is 28.2. The van der Waals surface area contributed by atoms with Gasteiger partial charge in [-0.15, -0.1) is 0 Å². The van der Waals surface area contributed by atoms with Crippen molar-refractivity contribution < 1.29 is 13.6 Å². The lowest BCUT2D eigenvalue weighted by molar-refractivity contribution is 0.390. The molecule has 9 aromatic carbocycles. The molecule has 9 rings (SSSR count). The third-order valence-corrected chi connectivity index (χ3v) is 10.5. The minimum Gasteiger partial charge on any atom is -0.408 e. The highest BCUT2D eigenvalue weighted by atomic mass is 31.2. The lowest BCUT2D eigenvalue weighted by Crippen LogP contribution is -2.05. The summed E-state index contributed by atoms with van der Waals surface area (Å²) in [7, 11) is -2.04. The maximum Gasteiger partial charge on any atom is 0.530 e. The average Bonchev–Trinajstić information content (AvgIpc) is 3.21. The summed E-state index contributed by atoms with van der Waals surface area (Å²) in [6.45, 7) is 0. The number of rotatable bonds is 9. The second-order valence-electron chi connectivity index (χ2n) is 12.6. The maximum atomic E-state index is 6.93. The number of benzene rings is 9. The fourth-order valence-corrected chi connectivity index (χ4v) is 8.06. The summed E-state index contributed by atoms with van der Waals surface area (Å²) in [5.74, 6) is 2.03. The SMILES string of the molecule is c1ccc(-c2cccc3ccccc23)c(OP(Oc2ccccc2-c2cccc3ccccc23)Oc2ccccc2-c2cccc3ccccc23)c1. The molecule has 0 aliphatic carbocycles. The second kappa shape index (κ2) is 14.1. The smallest absolute Gasteiger partial charge is 0.408 e. The van der Waals surface area contributed by atoms with Crippen LogP contribution < -0.4 is 13.6 Å². The van der Waals surface area contributed by atoms with Gasteiger partial charge < -0.3 is 13.6 Å². The Morgan fingerprint density at radius 3 is 0.827 bits per heavy atom. The molecule has 0 aliphatic rings. The van der Waals surface area contributed by atoms with Gasteiger partial charge in [-0.2, -0.15) is 0 Å². The van der Waals surface area contributed by atoms with E-state index in [2.05, 4.69) is 146 Å². The van der Waals surface area contributed by atoms with Gasteiger partial charge >= 0.3 is 8.60 Å². The molecule has 0 aliphatic heterocycles.